The van der Waals surface area contributed by atoms with Crippen molar-refractivity contribution in [3.63, 3.8) is 0 Å². The molecule has 0 atom stereocenters. The van der Waals surface area contributed by atoms with Gasteiger partial charge in [-0.3, -0.25) is 4.98 Å². The van der Waals surface area contributed by atoms with E-state index in [1.54, 1.807) is 33.4 Å². The molecule has 5 heteroatoms. The summed E-state index contributed by atoms with van der Waals surface area (Å²) < 4.78 is 11.0. The number of carboxylic acid groups (broad SMARTS) is 1. The number of aryl methyl sites for hydroxylation is 1. The fraction of sp³-hybridized carbons (Fsp3) is 0.467. The van der Waals surface area contributed by atoms with E-state index in [-0.39, 0.29) is 0 Å². The second-order valence-electron chi connectivity index (χ2n) is 4.61. The maximum atomic E-state index is 10.8. The van der Waals surface area contributed by atoms with Gasteiger partial charge in [-0.25, -0.2) is 4.79 Å². The largest absolute Gasteiger partial charge is 0.478 e. The van der Waals surface area contributed by atoms with E-state index in [4.69, 9.17) is 14.6 Å². The monoisotopic (exact) mass is 279 g/mol. The van der Waals surface area contributed by atoms with Crippen molar-refractivity contribution in [1.29, 1.82) is 0 Å². The van der Waals surface area contributed by atoms with E-state index in [0.717, 1.165) is 5.56 Å². The summed E-state index contributed by atoms with van der Waals surface area (Å²) in [4.78, 5) is 15.1. The number of carboxylic acids is 1. The molecule has 1 rings (SSSR count). The van der Waals surface area contributed by atoms with E-state index >= 15 is 0 Å². The van der Waals surface area contributed by atoms with Crippen LogP contribution in [0.5, 0.6) is 0 Å². The normalized spacial score (nSPS) is 12.5. The smallest absolute Gasteiger partial charge is 0.330 e. The Balaban J connectivity index is 2.93. The predicted octanol–water partition coefficient (Wildman–Crippen LogP) is 2.65. The summed E-state index contributed by atoms with van der Waals surface area (Å²) in [5, 5.41) is 8.84. The first kappa shape index (κ1) is 16.3. The molecule has 0 radical (unpaired) electrons. The summed E-state index contributed by atoms with van der Waals surface area (Å²) in [6.45, 7) is 3.53. The Labute approximate surface area is 119 Å². The molecule has 5 nitrogen and oxygen atoms in total. The van der Waals surface area contributed by atoms with E-state index in [1.165, 1.54) is 0 Å². The third-order valence-corrected chi connectivity index (χ3v) is 3.23. The zero-order valence-electron chi connectivity index (χ0n) is 12.3. The highest BCUT2D eigenvalue weighted by atomic mass is 16.7. The lowest BCUT2D eigenvalue weighted by atomic mass is 10.0. The van der Waals surface area contributed by atoms with Crippen LogP contribution in [0.3, 0.4) is 0 Å². The summed E-state index contributed by atoms with van der Waals surface area (Å²) >= 11 is 0. The second-order valence-corrected chi connectivity index (χ2v) is 4.61. The van der Waals surface area contributed by atoms with E-state index in [1.807, 2.05) is 19.1 Å². The van der Waals surface area contributed by atoms with Crippen LogP contribution in [-0.4, -0.2) is 30.3 Å². The third-order valence-electron chi connectivity index (χ3n) is 3.23. The zero-order valence-corrected chi connectivity index (χ0v) is 12.3. The van der Waals surface area contributed by atoms with Gasteiger partial charge in [0, 0.05) is 32.4 Å². The van der Waals surface area contributed by atoms with E-state index in [9.17, 15) is 4.79 Å². The van der Waals surface area contributed by atoms with Gasteiger partial charge in [-0.2, -0.15) is 0 Å². The number of rotatable bonds is 7. The molecule has 0 aliphatic rings. The van der Waals surface area contributed by atoms with Gasteiger partial charge in [-0.15, -0.1) is 0 Å². The molecule has 0 aliphatic heterocycles. The molecule has 1 aromatic rings. The van der Waals surface area contributed by atoms with Crippen molar-refractivity contribution >= 4 is 5.97 Å². The Morgan fingerprint density at radius 2 is 2.10 bits per heavy atom. The van der Waals surface area contributed by atoms with Crippen molar-refractivity contribution in [1.82, 2.24) is 4.98 Å². The second kappa shape index (κ2) is 7.17. The number of aliphatic carboxylic acids is 1. The molecule has 1 aromatic heterocycles. The fourth-order valence-corrected chi connectivity index (χ4v) is 1.94. The molecule has 1 heterocycles. The number of allylic oxidation sites excluding steroid dienone is 1. The minimum atomic E-state index is -0.957. The molecule has 0 saturated carbocycles. The molecule has 0 saturated heterocycles. The van der Waals surface area contributed by atoms with Gasteiger partial charge in [0.05, 0.1) is 5.69 Å². The van der Waals surface area contributed by atoms with Gasteiger partial charge in [0.2, 0.25) is 5.79 Å². The van der Waals surface area contributed by atoms with Crippen LogP contribution in [0.25, 0.3) is 0 Å². The number of nitrogens with zero attached hydrogens (tertiary/aromatic N) is 1. The maximum absolute atomic E-state index is 10.8. The molecule has 0 fully saturated rings. The summed E-state index contributed by atoms with van der Waals surface area (Å²) in [6, 6.07) is 3.80. The number of pyridine rings is 1. The number of hydrogen-bond acceptors (Lipinski definition) is 4. The highest BCUT2D eigenvalue weighted by molar-refractivity contribution is 5.85. The first-order valence-electron chi connectivity index (χ1n) is 6.38. The highest BCUT2D eigenvalue weighted by Gasteiger charge is 2.33. The van der Waals surface area contributed by atoms with Crippen molar-refractivity contribution in [2.24, 2.45) is 0 Å². The zero-order chi connectivity index (χ0) is 15.2. The number of carbonyl (C=O) groups is 1. The van der Waals surface area contributed by atoms with Crippen LogP contribution < -0.4 is 0 Å². The molecule has 20 heavy (non-hydrogen) atoms. The van der Waals surface area contributed by atoms with Crippen LogP contribution in [-0.2, 0) is 20.1 Å². The predicted molar refractivity (Wildman–Crippen MR) is 75.3 cm³/mol. The lowest BCUT2D eigenvalue weighted by Crippen LogP contribution is -2.32. The van der Waals surface area contributed by atoms with Crippen LogP contribution in [0, 0.1) is 6.92 Å². The van der Waals surface area contributed by atoms with Crippen molar-refractivity contribution in [3.8, 4) is 0 Å². The molecule has 0 unspecified atom stereocenters. The van der Waals surface area contributed by atoms with Gasteiger partial charge in [0.25, 0.3) is 0 Å². The molecular formula is C15H21NO4. The maximum Gasteiger partial charge on any atom is 0.330 e. The topological polar surface area (TPSA) is 68.7 Å². The van der Waals surface area contributed by atoms with Crippen LogP contribution in [0.1, 0.15) is 31.0 Å². The van der Waals surface area contributed by atoms with Gasteiger partial charge in [0.1, 0.15) is 0 Å². The molecular weight excluding hydrogens is 258 g/mol. The van der Waals surface area contributed by atoms with Crippen LogP contribution >= 0.6 is 0 Å². The van der Waals surface area contributed by atoms with Crippen molar-refractivity contribution in [2.75, 3.05) is 14.2 Å². The van der Waals surface area contributed by atoms with Crippen molar-refractivity contribution in [3.05, 3.63) is 41.2 Å². The SMILES string of the molecule is COC(CC/C=C(\C)C(=O)O)(OC)c1cc(C)ccn1. The average molecular weight is 279 g/mol. The summed E-state index contributed by atoms with van der Waals surface area (Å²) in [5.74, 6) is -1.87. The van der Waals surface area contributed by atoms with Gasteiger partial charge in [-0.05, 0) is 38.0 Å². The Bertz CT molecular complexity index is 492. The van der Waals surface area contributed by atoms with E-state index in [0.29, 0.717) is 24.1 Å². The molecule has 0 spiro atoms. The number of methoxy groups -OCH3 is 2. The standard InChI is InChI=1S/C15H21NO4/c1-11-7-9-16-13(10-11)15(19-3,20-4)8-5-6-12(2)14(17)18/h6-7,9-10H,5,8H2,1-4H3,(H,17,18)/b12-6+. The summed E-state index contributed by atoms with van der Waals surface area (Å²) in [7, 11) is 3.11. The lowest BCUT2D eigenvalue weighted by Gasteiger charge is -2.30. The molecule has 110 valence electrons. The number of aromatic nitrogens is 1. The summed E-state index contributed by atoms with van der Waals surface area (Å²) in [5.41, 5.74) is 2.05. The molecule has 1 N–H and O–H groups in total. The Morgan fingerprint density at radius 3 is 2.60 bits per heavy atom. The van der Waals surface area contributed by atoms with Gasteiger partial charge in [-0.1, -0.05) is 6.08 Å². The Morgan fingerprint density at radius 1 is 1.45 bits per heavy atom. The minimum Gasteiger partial charge on any atom is -0.478 e. The van der Waals surface area contributed by atoms with Crippen LogP contribution in [0.15, 0.2) is 30.0 Å². The van der Waals surface area contributed by atoms with Crippen molar-refractivity contribution < 1.29 is 19.4 Å². The van der Waals surface area contributed by atoms with Gasteiger partial charge < -0.3 is 14.6 Å². The number of hydrogen-bond donors (Lipinski definition) is 1. The van der Waals surface area contributed by atoms with Crippen LogP contribution in [0.2, 0.25) is 0 Å². The van der Waals surface area contributed by atoms with Crippen molar-refractivity contribution in [2.45, 2.75) is 32.5 Å². The quantitative estimate of drug-likeness (QED) is 0.614. The number of ether oxygens (including phenoxy) is 2. The third kappa shape index (κ3) is 3.88. The van der Waals surface area contributed by atoms with Gasteiger partial charge in [0.15, 0.2) is 0 Å². The molecule has 0 aliphatic carbocycles. The lowest BCUT2D eigenvalue weighted by molar-refractivity contribution is -0.222. The van der Waals surface area contributed by atoms with Gasteiger partial charge >= 0.3 is 5.97 Å². The van der Waals surface area contributed by atoms with E-state index < -0.39 is 11.8 Å². The summed E-state index contributed by atoms with van der Waals surface area (Å²) in [6.07, 6.45) is 4.37. The molecule has 0 aromatic carbocycles. The first-order valence-corrected chi connectivity index (χ1v) is 6.38. The fourth-order valence-electron chi connectivity index (χ4n) is 1.94. The highest BCUT2D eigenvalue weighted by Crippen LogP contribution is 2.30. The molecule has 0 amide bonds. The first-order chi connectivity index (χ1) is 9.45. The Hall–Kier alpha value is -1.72. The Kier molecular flexibility index (Phi) is 5.85. The average Bonchev–Trinajstić information content (AvgIpc) is 2.43. The molecule has 0 bridgehead atoms. The minimum absolute atomic E-state index is 0.309. The van der Waals surface area contributed by atoms with Crippen LogP contribution in [0.4, 0.5) is 0 Å². The van der Waals surface area contributed by atoms with E-state index in [2.05, 4.69) is 4.98 Å².